The van der Waals surface area contributed by atoms with Gasteiger partial charge in [0, 0.05) is 19.3 Å². The molecule has 0 unspecified atom stereocenters. The molecule has 0 aromatic carbocycles. The number of nitrogens with zero attached hydrogens (tertiary/aromatic N) is 2. The van der Waals surface area contributed by atoms with Crippen LogP contribution in [0.3, 0.4) is 0 Å². The Morgan fingerprint density at radius 3 is 2.19 bits per heavy atom. The molecular weight excluding hydrogens is 290 g/mol. The van der Waals surface area contributed by atoms with Crippen LogP contribution in [0.4, 0.5) is 5.82 Å². The molecule has 0 radical (unpaired) electrons. The SMILES string of the molecule is CNS(=O)(=O)c1ccc(N2CC(C)(C)OC(C)(C)C2)nc1. The number of aromatic nitrogens is 1. The third kappa shape index (κ3) is 3.72. The number of sulfonamides is 1. The van der Waals surface area contributed by atoms with Crippen molar-refractivity contribution in [1.29, 1.82) is 0 Å². The fourth-order valence-electron chi connectivity index (χ4n) is 2.79. The summed E-state index contributed by atoms with van der Waals surface area (Å²) in [6, 6.07) is 3.31. The number of hydrogen-bond acceptors (Lipinski definition) is 5. The summed E-state index contributed by atoms with van der Waals surface area (Å²) >= 11 is 0. The highest BCUT2D eigenvalue weighted by Crippen LogP contribution is 2.30. The van der Waals surface area contributed by atoms with Crippen LogP contribution in [0.1, 0.15) is 27.7 Å². The van der Waals surface area contributed by atoms with E-state index in [0.717, 1.165) is 5.82 Å². The number of morpholine rings is 1. The van der Waals surface area contributed by atoms with Crippen molar-refractivity contribution in [3.05, 3.63) is 18.3 Å². The maximum absolute atomic E-state index is 11.7. The quantitative estimate of drug-likeness (QED) is 0.913. The lowest BCUT2D eigenvalue weighted by atomic mass is 9.99. The van der Waals surface area contributed by atoms with E-state index in [1.165, 1.54) is 13.2 Å². The van der Waals surface area contributed by atoms with Gasteiger partial charge in [0.15, 0.2) is 0 Å². The van der Waals surface area contributed by atoms with E-state index < -0.39 is 10.0 Å². The molecule has 1 aromatic rings. The summed E-state index contributed by atoms with van der Waals surface area (Å²) in [5.74, 6) is 0.759. The van der Waals surface area contributed by atoms with Crippen LogP contribution in [-0.2, 0) is 14.8 Å². The number of pyridine rings is 1. The predicted molar refractivity (Wildman–Crippen MR) is 81.9 cm³/mol. The minimum atomic E-state index is -3.45. The lowest BCUT2D eigenvalue weighted by Crippen LogP contribution is -2.57. The molecule has 1 aromatic heterocycles. The number of ether oxygens (including phenoxy) is 1. The van der Waals surface area contributed by atoms with Crippen LogP contribution in [0.5, 0.6) is 0 Å². The Bertz CT molecular complexity index is 593. The standard InChI is InChI=1S/C14H23N3O3S/c1-13(2)9-17(10-14(3,4)20-13)12-7-6-11(8-16-12)21(18,19)15-5/h6-8,15H,9-10H2,1-5H3. The summed E-state index contributed by atoms with van der Waals surface area (Å²) < 4.78 is 31.7. The molecule has 0 aliphatic carbocycles. The van der Waals surface area contributed by atoms with E-state index in [-0.39, 0.29) is 16.1 Å². The molecule has 1 N–H and O–H groups in total. The second kappa shape index (κ2) is 5.23. The molecule has 2 rings (SSSR count). The zero-order chi connectivity index (χ0) is 15.9. The third-order valence-electron chi connectivity index (χ3n) is 3.32. The van der Waals surface area contributed by atoms with Gasteiger partial charge in [-0.15, -0.1) is 0 Å². The van der Waals surface area contributed by atoms with E-state index in [1.54, 1.807) is 12.1 Å². The molecule has 2 heterocycles. The van der Waals surface area contributed by atoms with E-state index in [2.05, 4.69) is 14.6 Å². The zero-order valence-corrected chi connectivity index (χ0v) is 14.0. The normalized spacial score (nSPS) is 21.3. The molecule has 0 spiro atoms. The van der Waals surface area contributed by atoms with Crippen molar-refractivity contribution in [2.75, 3.05) is 25.0 Å². The zero-order valence-electron chi connectivity index (χ0n) is 13.2. The van der Waals surface area contributed by atoms with E-state index in [0.29, 0.717) is 13.1 Å². The number of hydrogen-bond donors (Lipinski definition) is 1. The van der Waals surface area contributed by atoms with Gasteiger partial charge in [-0.3, -0.25) is 0 Å². The van der Waals surface area contributed by atoms with Crippen molar-refractivity contribution in [3.8, 4) is 0 Å². The molecule has 0 atom stereocenters. The first-order chi connectivity index (χ1) is 9.55. The predicted octanol–water partition coefficient (Wildman–Crippen LogP) is 1.38. The summed E-state index contributed by atoms with van der Waals surface area (Å²) in [5, 5.41) is 0. The molecule has 0 amide bonds. The van der Waals surface area contributed by atoms with E-state index in [1.807, 2.05) is 27.7 Å². The van der Waals surface area contributed by atoms with Crippen molar-refractivity contribution < 1.29 is 13.2 Å². The minimum Gasteiger partial charge on any atom is -0.366 e. The van der Waals surface area contributed by atoms with Crippen LogP contribution < -0.4 is 9.62 Å². The van der Waals surface area contributed by atoms with Gasteiger partial charge in [0.25, 0.3) is 0 Å². The van der Waals surface area contributed by atoms with Crippen molar-refractivity contribution in [3.63, 3.8) is 0 Å². The first-order valence-corrected chi connectivity index (χ1v) is 8.38. The van der Waals surface area contributed by atoms with Crippen LogP contribution >= 0.6 is 0 Å². The van der Waals surface area contributed by atoms with Gasteiger partial charge in [0.1, 0.15) is 10.7 Å². The number of anilines is 1. The first kappa shape index (κ1) is 16.2. The summed E-state index contributed by atoms with van der Waals surface area (Å²) in [5.41, 5.74) is -0.557. The Hall–Kier alpha value is -1.18. The summed E-state index contributed by atoms with van der Waals surface area (Å²) in [7, 11) is -2.06. The molecule has 6 nitrogen and oxygen atoms in total. The molecule has 0 saturated carbocycles. The lowest BCUT2D eigenvalue weighted by molar-refractivity contribution is -0.133. The van der Waals surface area contributed by atoms with Gasteiger partial charge in [-0.2, -0.15) is 0 Å². The van der Waals surface area contributed by atoms with Gasteiger partial charge in [0.05, 0.1) is 11.2 Å². The Morgan fingerprint density at radius 2 is 1.76 bits per heavy atom. The van der Waals surface area contributed by atoms with Crippen LogP contribution in [0.25, 0.3) is 0 Å². The Kier molecular flexibility index (Phi) is 4.03. The summed E-state index contributed by atoms with van der Waals surface area (Å²) in [6.45, 7) is 9.59. The van der Waals surface area contributed by atoms with Crippen molar-refractivity contribution in [2.24, 2.45) is 0 Å². The maximum atomic E-state index is 11.7. The fraction of sp³-hybridized carbons (Fsp3) is 0.643. The number of rotatable bonds is 3. The van der Waals surface area contributed by atoms with E-state index in [9.17, 15) is 8.42 Å². The van der Waals surface area contributed by atoms with Gasteiger partial charge in [-0.1, -0.05) is 0 Å². The third-order valence-corrected chi connectivity index (χ3v) is 4.72. The van der Waals surface area contributed by atoms with Crippen LogP contribution in [0.15, 0.2) is 23.2 Å². The van der Waals surface area contributed by atoms with Gasteiger partial charge in [-0.25, -0.2) is 18.1 Å². The average Bonchev–Trinajstić information content (AvgIpc) is 2.35. The highest BCUT2D eigenvalue weighted by molar-refractivity contribution is 7.89. The molecule has 1 fully saturated rings. The minimum absolute atomic E-state index is 0.167. The molecule has 1 aliphatic rings. The molecule has 0 bridgehead atoms. The van der Waals surface area contributed by atoms with Crippen LogP contribution in [0, 0.1) is 0 Å². The highest BCUT2D eigenvalue weighted by Gasteiger charge is 2.38. The second-order valence-corrected chi connectivity index (χ2v) is 8.42. The Balaban J connectivity index is 2.27. The topological polar surface area (TPSA) is 71.5 Å². The Morgan fingerprint density at radius 1 is 1.19 bits per heavy atom. The highest BCUT2D eigenvalue weighted by atomic mass is 32.2. The van der Waals surface area contributed by atoms with Crippen molar-refractivity contribution >= 4 is 15.8 Å². The Labute approximate surface area is 126 Å². The van der Waals surface area contributed by atoms with Gasteiger partial charge >= 0.3 is 0 Å². The van der Waals surface area contributed by atoms with Crippen molar-refractivity contribution in [1.82, 2.24) is 9.71 Å². The first-order valence-electron chi connectivity index (χ1n) is 6.89. The van der Waals surface area contributed by atoms with E-state index >= 15 is 0 Å². The van der Waals surface area contributed by atoms with Gasteiger partial charge in [-0.05, 0) is 46.9 Å². The molecule has 1 aliphatic heterocycles. The molecular formula is C14H23N3O3S. The van der Waals surface area contributed by atoms with E-state index in [4.69, 9.17) is 4.74 Å². The summed E-state index contributed by atoms with van der Waals surface area (Å²) in [4.78, 5) is 6.59. The maximum Gasteiger partial charge on any atom is 0.241 e. The average molecular weight is 313 g/mol. The number of nitrogens with one attached hydrogen (secondary N) is 1. The molecule has 21 heavy (non-hydrogen) atoms. The van der Waals surface area contributed by atoms with Crippen molar-refractivity contribution in [2.45, 2.75) is 43.8 Å². The molecule has 118 valence electrons. The fourth-order valence-corrected chi connectivity index (χ4v) is 3.46. The smallest absolute Gasteiger partial charge is 0.241 e. The molecule has 7 heteroatoms. The monoisotopic (exact) mass is 313 g/mol. The second-order valence-electron chi connectivity index (χ2n) is 6.54. The lowest BCUT2D eigenvalue weighted by Gasteiger charge is -2.47. The van der Waals surface area contributed by atoms with Crippen LogP contribution in [-0.4, -0.2) is 44.7 Å². The molecule has 1 saturated heterocycles. The van der Waals surface area contributed by atoms with Crippen LogP contribution in [0.2, 0.25) is 0 Å². The largest absolute Gasteiger partial charge is 0.366 e. The van der Waals surface area contributed by atoms with Gasteiger partial charge in [0.2, 0.25) is 10.0 Å². The van der Waals surface area contributed by atoms with Gasteiger partial charge < -0.3 is 9.64 Å². The summed E-state index contributed by atoms with van der Waals surface area (Å²) in [6.07, 6.45) is 1.39.